The lowest BCUT2D eigenvalue weighted by atomic mass is 10.0. The number of hydrogen-bond donors (Lipinski definition) is 0. The molecular formula is C23H27NO5S. The average molecular weight is 430 g/mol. The van der Waals surface area contributed by atoms with Crippen LogP contribution in [0.2, 0.25) is 0 Å². The van der Waals surface area contributed by atoms with E-state index in [1.165, 1.54) is 0 Å². The molecule has 6 nitrogen and oxygen atoms in total. The van der Waals surface area contributed by atoms with Gasteiger partial charge in [0.25, 0.3) is 5.91 Å². The first-order chi connectivity index (χ1) is 14.2. The summed E-state index contributed by atoms with van der Waals surface area (Å²) >= 11 is 0. The normalized spacial score (nSPS) is 17.6. The van der Waals surface area contributed by atoms with Crippen molar-refractivity contribution in [3.05, 3.63) is 60.2 Å². The van der Waals surface area contributed by atoms with Gasteiger partial charge in [0.1, 0.15) is 0 Å². The SMILES string of the molecule is CC(C)CN(C(=O)COC(=O)c1ccc(-c2ccccc2)cc1)[C@H]1CCS(=O)(=O)C1. The van der Waals surface area contributed by atoms with Crippen molar-refractivity contribution in [3.8, 4) is 11.1 Å². The average Bonchev–Trinajstić information content (AvgIpc) is 3.10. The molecule has 0 spiro atoms. The zero-order valence-corrected chi connectivity index (χ0v) is 18.1. The Morgan fingerprint density at radius 1 is 1.03 bits per heavy atom. The van der Waals surface area contributed by atoms with Crippen LogP contribution in [0.3, 0.4) is 0 Å². The second-order valence-corrected chi connectivity index (χ2v) is 10.2. The highest BCUT2D eigenvalue weighted by Gasteiger charge is 2.35. The Kier molecular flexibility index (Phi) is 6.92. The number of sulfone groups is 1. The predicted molar refractivity (Wildman–Crippen MR) is 116 cm³/mol. The molecule has 1 fully saturated rings. The van der Waals surface area contributed by atoms with Gasteiger partial charge in [0, 0.05) is 12.6 Å². The molecular weight excluding hydrogens is 402 g/mol. The Hall–Kier alpha value is -2.67. The highest BCUT2D eigenvalue weighted by molar-refractivity contribution is 7.91. The molecule has 160 valence electrons. The molecule has 1 saturated heterocycles. The number of esters is 1. The van der Waals surface area contributed by atoms with Crippen LogP contribution in [0.4, 0.5) is 0 Å². The molecule has 3 rings (SSSR count). The van der Waals surface area contributed by atoms with Gasteiger partial charge in [-0.05, 0) is 35.6 Å². The van der Waals surface area contributed by atoms with Crippen molar-refractivity contribution >= 4 is 21.7 Å². The molecule has 0 bridgehead atoms. The molecule has 0 unspecified atom stereocenters. The van der Waals surface area contributed by atoms with E-state index in [0.717, 1.165) is 11.1 Å². The van der Waals surface area contributed by atoms with Crippen LogP contribution in [0.1, 0.15) is 30.6 Å². The quantitative estimate of drug-likeness (QED) is 0.632. The van der Waals surface area contributed by atoms with Gasteiger partial charge >= 0.3 is 5.97 Å². The molecule has 0 aliphatic carbocycles. The van der Waals surface area contributed by atoms with Crippen LogP contribution in [0.15, 0.2) is 54.6 Å². The minimum atomic E-state index is -3.11. The number of nitrogens with zero attached hydrogens (tertiary/aromatic N) is 1. The zero-order chi connectivity index (χ0) is 21.7. The Morgan fingerprint density at radius 2 is 1.67 bits per heavy atom. The summed E-state index contributed by atoms with van der Waals surface area (Å²) in [7, 11) is -3.11. The molecule has 2 aromatic carbocycles. The van der Waals surface area contributed by atoms with E-state index in [2.05, 4.69) is 0 Å². The first-order valence-electron chi connectivity index (χ1n) is 10.1. The summed E-state index contributed by atoms with van der Waals surface area (Å²) in [5.41, 5.74) is 2.39. The van der Waals surface area contributed by atoms with E-state index in [-0.39, 0.29) is 29.4 Å². The summed E-state index contributed by atoms with van der Waals surface area (Å²) in [4.78, 5) is 26.6. The van der Waals surface area contributed by atoms with E-state index in [4.69, 9.17) is 4.74 Å². The largest absolute Gasteiger partial charge is 0.452 e. The van der Waals surface area contributed by atoms with Crippen LogP contribution >= 0.6 is 0 Å². The molecule has 7 heteroatoms. The van der Waals surface area contributed by atoms with E-state index in [1.807, 2.05) is 56.3 Å². The molecule has 1 aliphatic heterocycles. The molecule has 0 radical (unpaired) electrons. The maximum atomic E-state index is 12.7. The molecule has 1 aliphatic rings. The second-order valence-electron chi connectivity index (χ2n) is 8.02. The Balaban J connectivity index is 1.61. The first kappa shape index (κ1) is 22.0. The third kappa shape index (κ3) is 5.69. The van der Waals surface area contributed by atoms with Crippen LogP contribution in [0.5, 0.6) is 0 Å². The number of hydrogen-bond acceptors (Lipinski definition) is 5. The van der Waals surface area contributed by atoms with E-state index >= 15 is 0 Å². The van der Waals surface area contributed by atoms with Crippen LogP contribution in [-0.4, -0.2) is 55.9 Å². The second kappa shape index (κ2) is 9.43. The van der Waals surface area contributed by atoms with Gasteiger partial charge in [-0.3, -0.25) is 4.79 Å². The van der Waals surface area contributed by atoms with Crippen molar-refractivity contribution in [2.75, 3.05) is 24.7 Å². The van der Waals surface area contributed by atoms with E-state index < -0.39 is 22.4 Å². The van der Waals surface area contributed by atoms with Crippen LogP contribution in [-0.2, 0) is 19.4 Å². The van der Waals surface area contributed by atoms with Gasteiger partial charge in [0.05, 0.1) is 17.1 Å². The fraction of sp³-hybridized carbons (Fsp3) is 0.391. The predicted octanol–water partition coefficient (Wildman–Crippen LogP) is 3.18. The maximum Gasteiger partial charge on any atom is 0.338 e. The van der Waals surface area contributed by atoms with Gasteiger partial charge in [-0.2, -0.15) is 0 Å². The summed E-state index contributed by atoms with van der Waals surface area (Å²) in [6.07, 6.45) is 0.426. The summed E-state index contributed by atoms with van der Waals surface area (Å²) in [6.45, 7) is 3.96. The summed E-state index contributed by atoms with van der Waals surface area (Å²) in [5, 5.41) is 0. The molecule has 1 heterocycles. The molecule has 0 N–H and O–H groups in total. The minimum Gasteiger partial charge on any atom is -0.452 e. The molecule has 1 amide bonds. The van der Waals surface area contributed by atoms with Crippen molar-refractivity contribution in [1.29, 1.82) is 0 Å². The van der Waals surface area contributed by atoms with Gasteiger partial charge < -0.3 is 9.64 Å². The smallest absolute Gasteiger partial charge is 0.338 e. The Labute approximate surface area is 177 Å². The lowest BCUT2D eigenvalue weighted by Gasteiger charge is -2.29. The lowest BCUT2D eigenvalue weighted by Crippen LogP contribution is -2.45. The van der Waals surface area contributed by atoms with Crippen LogP contribution in [0, 0.1) is 5.92 Å². The van der Waals surface area contributed by atoms with Gasteiger partial charge in [-0.1, -0.05) is 56.3 Å². The lowest BCUT2D eigenvalue weighted by molar-refractivity contribution is -0.137. The number of carbonyl (C=O) groups excluding carboxylic acids is 2. The highest BCUT2D eigenvalue weighted by atomic mass is 32.2. The van der Waals surface area contributed by atoms with Gasteiger partial charge in [-0.15, -0.1) is 0 Å². The molecule has 0 aromatic heterocycles. The molecule has 1 atom stereocenters. The summed E-state index contributed by atoms with van der Waals surface area (Å²) in [6, 6.07) is 16.5. The Bertz CT molecular complexity index is 984. The van der Waals surface area contributed by atoms with Crippen molar-refractivity contribution in [2.45, 2.75) is 26.3 Å². The van der Waals surface area contributed by atoms with Gasteiger partial charge in [0.15, 0.2) is 16.4 Å². The van der Waals surface area contributed by atoms with Crippen LogP contribution in [0.25, 0.3) is 11.1 Å². The van der Waals surface area contributed by atoms with Crippen LogP contribution < -0.4 is 0 Å². The standard InChI is InChI=1S/C23H27NO5S/c1-17(2)14-24(21-12-13-30(27,28)16-21)22(25)15-29-23(26)20-10-8-19(9-11-20)18-6-4-3-5-7-18/h3-11,17,21H,12-16H2,1-2H3/t21-/m0/s1. The van der Waals surface area contributed by atoms with Crippen molar-refractivity contribution in [1.82, 2.24) is 4.90 Å². The topological polar surface area (TPSA) is 80.8 Å². The zero-order valence-electron chi connectivity index (χ0n) is 17.3. The van der Waals surface area contributed by atoms with Gasteiger partial charge in [0.2, 0.25) is 0 Å². The fourth-order valence-electron chi connectivity index (χ4n) is 3.59. The van der Waals surface area contributed by atoms with E-state index in [0.29, 0.717) is 18.5 Å². The summed E-state index contributed by atoms with van der Waals surface area (Å²) < 4.78 is 28.9. The third-order valence-electron chi connectivity index (χ3n) is 5.09. The number of carbonyl (C=O) groups is 2. The number of ether oxygens (including phenoxy) is 1. The minimum absolute atomic E-state index is 0.0274. The number of amides is 1. The number of benzene rings is 2. The number of rotatable bonds is 7. The van der Waals surface area contributed by atoms with E-state index in [1.54, 1.807) is 17.0 Å². The van der Waals surface area contributed by atoms with Crippen molar-refractivity contribution < 1.29 is 22.7 Å². The molecule has 30 heavy (non-hydrogen) atoms. The maximum absolute atomic E-state index is 12.7. The van der Waals surface area contributed by atoms with Crippen molar-refractivity contribution in [2.24, 2.45) is 5.92 Å². The van der Waals surface area contributed by atoms with Crippen molar-refractivity contribution in [3.63, 3.8) is 0 Å². The molecule has 2 aromatic rings. The van der Waals surface area contributed by atoms with Gasteiger partial charge in [-0.25, -0.2) is 13.2 Å². The highest BCUT2D eigenvalue weighted by Crippen LogP contribution is 2.21. The monoisotopic (exact) mass is 429 g/mol. The van der Waals surface area contributed by atoms with E-state index in [9.17, 15) is 18.0 Å². The summed E-state index contributed by atoms with van der Waals surface area (Å²) in [5.74, 6) is -0.696. The Morgan fingerprint density at radius 3 is 2.23 bits per heavy atom. The molecule has 0 saturated carbocycles. The fourth-order valence-corrected chi connectivity index (χ4v) is 5.32. The third-order valence-corrected chi connectivity index (χ3v) is 6.84. The first-order valence-corrected chi connectivity index (χ1v) is 11.9.